The lowest BCUT2D eigenvalue weighted by molar-refractivity contribution is -0.385. The van der Waals surface area contributed by atoms with Crippen LogP contribution in [0.2, 0.25) is 0 Å². The Morgan fingerprint density at radius 1 is 1.25 bits per heavy atom. The van der Waals surface area contributed by atoms with Crippen molar-refractivity contribution in [3.8, 4) is 5.75 Å². The Labute approximate surface area is 186 Å². The number of nitro groups is 1. The highest BCUT2D eigenvalue weighted by molar-refractivity contribution is 5.92. The lowest BCUT2D eigenvalue weighted by Gasteiger charge is -2.17. The van der Waals surface area contributed by atoms with Crippen molar-refractivity contribution in [2.24, 2.45) is 0 Å². The molecule has 0 aliphatic heterocycles. The van der Waals surface area contributed by atoms with E-state index in [4.69, 9.17) is 4.74 Å². The molecular weight excluding hydrogens is 408 g/mol. The number of fused-ring (bicyclic) bond motifs is 1. The molecule has 0 spiro atoms. The Kier molecular flexibility index (Phi) is 7.75. The van der Waals surface area contributed by atoms with Crippen molar-refractivity contribution >= 4 is 34.3 Å². The van der Waals surface area contributed by atoms with Gasteiger partial charge in [-0.3, -0.25) is 19.9 Å². The second kappa shape index (κ2) is 10.9. The number of carbonyl (C=O) groups excluding carboxylic acids is 1. The molecule has 0 radical (unpaired) electrons. The fourth-order valence-corrected chi connectivity index (χ4v) is 3.37. The summed E-state index contributed by atoms with van der Waals surface area (Å²) >= 11 is 0. The minimum absolute atomic E-state index is 0.0315. The Hall–Kier alpha value is -3.94. The minimum Gasteiger partial charge on any atom is -0.497 e. The molecule has 1 atom stereocenters. The summed E-state index contributed by atoms with van der Waals surface area (Å²) in [7, 11) is 1.64. The van der Waals surface area contributed by atoms with Gasteiger partial charge in [-0.05, 0) is 44.0 Å². The zero-order valence-corrected chi connectivity index (χ0v) is 18.1. The van der Waals surface area contributed by atoms with Gasteiger partial charge in [-0.15, -0.1) is 0 Å². The molecule has 0 bridgehead atoms. The summed E-state index contributed by atoms with van der Waals surface area (Å²) in [4.78, 5) is 27.1. The molecule has 1 heterocycles. The van der Waals surface area contributed by atoms with E-state index in [9.17, 15) is 14.9 Å². The zero-order valence-electron chi connectivity index (χ0n) is 18.1. The van der Waals surface area contributed by atoms with Crippen LogP contribution in [0.25, 0.3) is 17.0 Å². The highest BCUT2D eigenvalue weighted by Gasteiger charge is 2.11. The SMILES string of the molecule is COc1cc(NC(C)CCCNC(=O)/C=C/c2ccccc2[N+](=O)[O-])c2ncccc2c1. The van der Waals surface area contributed by atoms with Crippen molar-refractivity contribution in [2.75, 3.05) is 19.0 Å². The number of hydrogen-bond acceptors (Lipinski definition) is 6. The van der Waals surface area contributed by atoms with Crippen molar-refractivity contribution in [1.82, 2.24) is 10.3 Å². The highest BCUT2D eigenvalue weighted by Crippen LogP contribution is 2.28. The van der Waals surface area contributed by atoms with Gasteiger partial charge in [0.1, 0.15) is 5.75 Å². The van der Waals surface area contributed by atoms with Crippen molar-refractivity contribution in [2.45, 2.75) is 25.8 Å². The fraction of sp³-hybridized carbons (Fsp3) is 0.250. The highest BCUT2D eigenvalue weighted by atomic mass is 16.6. The number of anilines is 1. The van der Waals surface area contributed by atoms with Gasteiger partial charge in [-0.25, -0.2) is 0 Å². The normalized spacial score (nSPS) is 11.9. The summed E-state index contributed by atoms with van der Waals surface area (Å²) in [6.07, 6.45) is 6.14. The van der Waals surface area contributed by atoms with Gasteiger partial charge in [0, 0.05) is 42.4 Å². The summed E-state index contributed by atoms with van der Waals surface area (Å²) in [5.74, 6) is 0.477. The Morgan fingerprint density at radius 3 is 2.84 bits per heavy atom. The topological polar surface area (TPSA) is 106 Å². The lowest BCUT2D eigenvalue weighted by atomic mass is 10.1. The first-order valence-corrected chi connectivity index (χ1v) is 10.4. The first kappa shape index (κ1) is 22.7. The number of nitro benzene ring substituents is 1. The van der Waals surface area contributed by atoms with E-state index in [1.54, 1.807) is 31.5 Å². The number of methoxy groups -OCH3 is 1. The molecule has 8 heteroatoms. The van der Waals surface area contributed by atoms with E-state index in [1.807, 2.05) is 24.3 Å². The van der Waals surface area contributed by atoms with Gasteiger partial charge in [0.05, 0.1) is 28.8 Å². The number of nitrogens with zero attached hydrogens (tertiary/aromatic N) is 2. The maximum absolute atomic E-state index is 12.0. The van der Waals surface area contributed by atoms with Crippen LogP contribution >= 0.6 is 0 Å². The molecule has 0 saturated heterocycles. The predicted octanol–water partition coefficient (Wildman–Crippen LogP) is 4.56. The average molecular weight is 434 g/mol. The van der Waals surface area contributed by atoms with E-state index in [-0.39, 0.29) is 17.6 Å². The van der Waals surface area contributed by atoms with Crippen LogP contribution in [0.4, 0.5) is 11.4 Å². The van der Waals surface area contributed by atoms with Gasteiger partial charge in [0.2, 0.25) is 5.91 Å². The molecule has 0 aliphatic carbocycles. The number of rotatable bonds is 10. The third-order valence-electron chi connectivity index (χ3n) is 4.98. The summed E-state index contributed by atoms with van der Waals surface area (Å²) in [6, 6.07) is 14.2. The Bertz CT molecular complexity index is 1130. The molecule has 166 valence electrons. The third-order valence-corrected chi connectivity index (χ3v) is 4.98. The van der Waals surface area contributed by atoms with Crippen molar-refractivity contribution in [3.05, 3.63) is 76.5 Å². The van der Waals surface area contributed by atoms with Crippen molar-refractivity contribution in [1.29, 1.82) is 0 Å². The first-order chi connectivity index (χ1) is 15.5. The molecule has 3 rings (SSSR count). The maximum atomic E-state index is 12.0. The van der Waals surface area contributed by atoms with Crippen LogP contribution in [0.15, 0.2) is 60.8 Å². The van der Waals surface area contributed by atoms with Crippen LogP contribution in [0.3, 0.4) is 0 Å². The average Bonchev–Trinajstić information content (AvgIpc) is 2.80. The third kappa shape index (κ3) is 6.04. The van der Waals surface area contributed by atoms with E-state index in [1.165, 1.54) is 18.2 Å². The molecule has 1 amide bonds. The van der Waals surface area contributed by atoms with Crippen LogP contribution in [-0.4, -0.2) is 35.5 Å². The molecule has 2 aromatic carbocycles. The van der Waals surface area contributed by atoms with Gasteiger partial charge in [-0.1, -0.05) is 18.2 Å². The van der Waals surface area contributed by atoms with Crippen LogP contribution in [0, 0.1) is 10.1 Å². The van der Waals surface area contributed by atoms with Crippen molar-refractivity contribution in [3.63, 3.8) is 0 Å². The van der Waals surface area contributed by atoms with Crippen molar-refractivity contribution < 1.29 is 14.5 Å². The van der Waals surface area contributed by atoms with Gasteiger partial charge in [0.15, 0.2) is 0 Å². The quantitative estimate of drug-likeness (QED) is 0.210. The van der Waals surface area contributed by atoms with E-state index in [0.717, 1.165) is 35.2 Å². The van der Waals surface area contributed by atoms with Crippen LogP contribution in [-0.2, 0) is 4.79 Å². The lowest BCUT2D eigenvalue weighted by Crippen LogP contribution is -2.24. The van der Waals surface area contributed by atoms with E-state index >= 15 is 0 Å². The van der Waals surface area contributed by atoms with E-state index in [2.05, 4.69) is 22.5 Å². The molecule has 8 nitrogen and oxygen atoms in total. The largest absolute Gasteiger partial charge is 0.497 e. The minimum atomic E-state index is -0.465. The number of amides is 1. The maximum Gasteiger partial charge on any atom is 0.276 e. The van der Waals surface area contributed by atoms with Gasteiger partial charge >= 0.3 is 0 Å². The molecular formula is C24H26N4O4. The zero-order chi connectivity index (χ0) is 22.9. The number of benzene rings is 2. The number of ether oxygens (including phenoxy) is 1. The Morgan fingerprint density at radius 2 is 2.06 bits per heavy atom. The standard InChI is InChI=1S/C24H26N4O4/c1-17(27-21-16-20(32-2)15-19-9-6-14-26-24(19)21)7-5-13-25-23(29)12-11-18-8-3-4-10-22(18)28(30)31/h3-4,6,8-12,14-17,27H,5,7,13H2,1-2H3,(H,25,29)/b12-11+. The number of para-hydroxylation sites is 1. The van der Waals surface area contributed by atoms with Crippen LogP contribution in [0.1, 0.15) is 25.3 Å². The van der Waals surface area contributed by atoms with E-state index in [0.29, 0.717) is 12.1 Å². The molecule has 0 fully saturated rings. The molecule has 0 saturated carbocycles. The van der Waals surface area contributed by atoms with Crippen LogP contribution < -0.4 is 15.4 Å². The number of hydrogen-bond donors (Lipinski definition) is 2. The summed E-state index contributed by atoms with van der Waals surface area (Å²) < 4.78 is 5.39. The second-order valence-corrected chi connectivity index (χ2v) is 7.38. The van der Waals surface area contributed by atoms with Gasteiger partial charge < -0.3 is 15.4 Å². The number of nitrogens with one attached hydrogen (secondary N) is 2. The monoisotopic (exact) mass is 434 g/mol. The van der Waals surface area contributed by atoms with Gasteiger partial charge in [-0.2, -0.15) is 0 Å². The fourth-order valence-electron chi connectivity index (χ4n) is 3.37. The molecule has 3 aromatic rings. The summed E-state index contributed by atoms with van der Waals surface area (Å²) in [5.41, 5.74) is 2.15. The first-order valence-electron chi connectivity index (χ1n) is 10.4. The molecule has 0 aliphatic rings. The molecule has 1 aromatic heterocycles. The predicted molar refractivity (Wildman–Crippen MR) is 126 cm³/mol. The number of carbonyl (C=O) groups is 1. The molecule has 1 unspecified atom stereocenters. The summed E-state index contributed by atoms with van der Waals surface area (Å²) in [6.45, 7) is 2.58. The summed E-state index contributed by atoms with van der Waals surface area (Å²) in [5, 5.41) is 18.3. The molecule has 2 N–H and O–H groups in total. The smallest absolute Gasteiger partial charge is 0.276 e. The number of aromatic nitrogens is 1. The number of pyridine rings is 1. The second-order valence-electron chi connectivity index (χ2n) is 7.38. The Balaban J connectivity index is 1.49. The van der Waals surface area contributed by atoms with Crippen LogP contribution in [0.5, 0.6) is 5.75 Å². The van der Waals surface area contributed by atoms with E-state index < -0.39 is 4.92 Å². The van der Waals surface area contributed by atoms with Gasteiger partial charge in [0.25, 0.3) is 5.69 Å². The molecule has 32 heavy (non-hydrogen) atoms.